The Kier molecular flexibility index (Phi) is 3.46. The van der Waals surface area contributed by atoms with Crippen LogP contribution in [0.15, 0.2) is 61.2 Å². The minimum atomic E-state index is 0.695. The maximum absolute atomic E-state index is 4.23. The third-order valence-electron chi connectivity index (χ3n) is 3.19. The number of hydrogen-bond donors (Lipinski definition) is 1. The van der Waals surface area contributed by atoms with Gasteiger partial charge in [-0.25, -0.2) is 4.68 Å². The van der Waals surface area contributed by atoms with Crippen molar-refractivity contribution < 1.29 is 0 Å². The molecule has 0 aliphatic rings. The number of anilines is 1. The van der Waals surface area contributed by atoms with Gasteiger partial charge in [0, 0.05) is 12.2 Å². The van der Waals surface area contributed by atoms with Crippen LogP contribution in [0.1, 0.15) is 5.56 Å². The van der Waals surface area contributed by atoms with Gasteiger partial charge in [-0.2, -0.15) is 0 Å². The molecule has 0 aliphatic carbocycles. The molecule has 1 N–H and O–H groups in total. The third-order valence-corrected chi connectivity index (χ3v) is 3.19. The Morgan fingerprint density at radius 3 is 2.80 bits per heavy atom. The normalized spacial score (nSPS) is 10.6. The second-order valence-electron chi connectivity index (χ2n) is 4.56. The molecule has 0 radical (unpaired) electrons. The molecule has 0 amide bonds. The van der Waals surface area contributed by atoms with Crippen molar-refractivity contribution >= 4 is 16.7 Å². The Morgan fingerprint density at radius 2 is 1.90 bits per heavy atom. The average molecular weight is 264 g/mol. The summed E-state index contributed by atoms with van der Waals surface area (Å²) in [5.41, 5.74) is 4.26. The van der Waals surface area contributed by atoms with Gasteiger partial charge in [-0.15, -0.1) is 11.7 Å². The van der Waals surface area contributed by atoms with E-state index in [1.807, 2.05) is 47.2 Å². The fourth-order valence-corrected chi connectivity index (χ4v) is 2.21. The third kappa shape index (κ3) is 2.40. The molecule has 0 atom stereocenters. The summed E-state index contributed by atoms with van der Waals surface area (Å²) in [7, 11) is 0. The number of fused-ring (bicyclic) bond motifs is 1. The largest absolute Gasteiger partial charge is 0.381 e. The summed E-state index contributed by atoms with van der Waals surface area (Å²) in [6.07, 6.45) is 1.85. The molecule has 3 rings (SSSR count). The minimum Gasteiger partial charge on any atom is -0.381 e. The van der Waals surface area contributed by atoms with Crippen LogP contribution in [-0.4, -0.2) is 21.5 Å². The average Bonchev–Trinajstić information content (AvgIpc) is 2.90. The molecule has 0 spiro atoms. The predicted molar refractivity (Wildman–Crippen MR) is 81.8 cm³/mol. The zero-order valence-corrected chi connectivity index (χ0v) is 11.2. The molecule has 0 saturated heterocycles. The number of hydrogen-bond acceptors (Lipinski definition) is 3. The van der Waals surface area contributed by atoms with E-state index in [1.54, 1.807) is 0 Å². The van der Waals surface area contributed by atoms with Crippen molar-refractivity contribution in [2.45, 2.75) is 6.54 Å². The highest BCUT2D eigenvalue weighted by atomic mass is 15.4. The molecule has 0 unspecified atom stereocenters. The maximum atomic E-state index is 4.23. The van der Waals surface area contributed by atoms with Crippen LogP contribution in [0.2, 0.25) is 0 Å². The zero-order valence-electron chi connectivity index (χ0n) is 11.2. The van der Waals surface area contributed by atoms with Crippen LogP contribution in [0.4, 0.5) is 5.69 Å². The highest BCUT2D eigenvalue weighted by Crippen LogP contribution is 2.18. The summed E-state index contributed by atoms with van der Waals surface area (Å²) >= 11 is 0. The molecule has 2 aromatic carbocycles. The van der Waals surface area contributed by atoms with Gasteiger partial charge in [-0.05, 0) is 23.8 Å². The monoisotopic (exact) mass is 264 g/mol. The Labute approximate surface area is 117 Å². The molecule has 0 saturated carbocycles. The molecule has 1 heterocycles. The fraction of sp³-hybridized carbons (Fsp3) is 0.125. The summed E-state index contributed by atoms with van der Waals surface area (Å²) in [5, 5.41) is 11.8. The van der Waals surface area contributed by atoms with Crippen LogP contribution in [0.5, 0.6) is 0 Å². The number of nitrogens with one attached hydrogen (secondary N) is 1. The van der Waals surface area contributed by atoms with Gasteiger partial charge >= 0.3 is 0 Å². The van der Waals surface area contributed by atoms with Gasteiger partial charge in [0.15, 0.2) is 0 Å². The summed E-state index contributed by atoms with van der Waals surface area (Å²) in [6.45, 7) is 5.17. The molecule has 20 heavy (non-hydrogen) atoms. The SMILES string of the molecule is C=CCNc1ccccc1Cn1nnc2ccccc21. The van der Waals surface area contributed by atoms with Crippen molar-refractivity contribution in [3.8, 4) is 0 Å². The summed E-state index contributed by atoms with van der Waals surface area (Å²) < 4.78 is 1.92. The molecule has 0 fully saturated rings. The number of para-hydroxylation sites is 2. The van der Waals surface area contributed by atoms with E-state index in [1.165, 1.54) is 5.56 Å². The van der Waals surface area contributed by atoms with Crippen LogP contribution in [0.3, 0.4) is 0 Å². The van der Waals surface area contributed by atoms with Crippen molar-refractivity contribution in [1.82, 2.24) is 15.0 Å². The highest BCUT2D eigenvalue weighted by Gasteiger charge is 2.06. The number of aromatic nitrogens is 3. The quantitative estimate of drug-likeness (QED) is 0.720. The Morgan fingerprint density at radius 1 is 1.10 bits per heavy atom. The topological polar surface area (TPSA) is 42.7 Å². The molecule has 3 aromatic rings. The molecule has 1 aromatic heterocycles. The lowest BCUT2D eigenvalue weighted by Crippen LogP contribution is -2.06. The van der Waals surface area contributed by atoms with Gasteiger partial charge in [0.2, 0.25) is 0 Å². The fourth-order valence-electron chi connectivity index (χ4n) is 2.21. The highest BCUT2D eigenvalue weighted by molar-refractivity contribution is 5.74. The maximum Gasteiger partial charge on any atom is 0.113 e. The lowest BCUT2D eigenvalue weighted by molar-refractivity contribution is 0.670. The van der Waals surface area contributed by atoms with E-state index in [9.17, 15) is 0 Å². The van der Waals surface area contributed by atoms with Crippen molar-refractivity contribution in [1.29, 1.82) is 0 Å². The molecule has 0 bridgehead atoms. The summed E-state index contributed by atoms with van der Waals surface area (Å²) in [6, 6.07) is 16.2. The molecule has 0 aliphatic heterocycles. The number of rotatable bonds is 5. The van der Waals surface area contributed by atoms with Gasteiger partial charge in [-0.1, -0.05) is 41.6 Å². The van der Waals surface area contributed by atoms with Gasteiger partial charge in [-0.3, -0.25) is 0 Å². The summed E-state index contributed by atoms with van der Waals surface area (Å²) in [5.74, 6) is 0. The number of nitrogens with zero attached hydrogens (tertiary/aromatic N) is 3. The second kappa shape index (κ2) is 5.57. The van der Waals surface area contributed by atoms with Gasteiger partial charge in [0.25, 0.3) is 0 Å². The van der Waals surface area contributed by atoms with Crippen LogP contribution in [-0.2, 0) is 6.54 Å². The van der Waals surface area contributed by atoms with E-state index in [4.69, 9.17) is 0 Å². The van der Waals surface area contributed by atoms with Crippen LogP contribution in [0.25, 0.3) is 11.0 Å². The van der Waals surface area contributed by atoms with Crippen molar-refractivity contribution in [3.05, 3.63) is 66.7 Å². The van der Waals surface area contributed by atoms with E-state index in [0.29, 0.717) is 6.54 Å². The minimum absolute atomic E-state index is 0.695. The van der Waals surface area contributed by atoms with Gasteiger partial charge in [0.1, 0.15) is 5.52 Å². The molecule has 4 heteroatoms. The lowest BCUT2D eigenvalue weighted by Gasteiger charge is -2.10. The first-order valence-electron chi connectivity index (χ1n) is 6.59. The zero-order chi connectivity index (χ0) is 13.8. The Balaban J connectivity index is 1.92. The first-order valence-corrected chi connectivity index (χ1v) is 6.59. The van der Waals surface area contributed by atoms with Crippen LogP contribution in [0, 0.1) is 0 Å². The Hall–Kier alpha value is -2.62. The van der Waals surface area contributed by atoms with E-state index in [2.05, 4.69) is 34.3 Å². The second-order valence-corrected chi connectivity index (χ2v) is 4.56. The molecule has 100 valence electrons. The van der Waals surface area contributed by atoms with E-state index in [0.717, 1.165) is 23.3 Å². The van der Waals surface area contributed by atoms with E-state index in [-0.39, 0.29) is 0 Å². The van der Waals surface area contributed by atoms with Crippen LogP contribution < -0.4 is 5.32 Å². The number of benzene rings is 2. The first-order chi connectivity index (χ1) is 9.88. The molecular formula is C16H16N4. The van der Waals surface area contributed by atoms with Gasteiger partial charge < -0.3 is 5.32 Å². The standard InChI is InChI=1S/C16H16N4/c1-2-11-17-14-8-4-3-7-13(14)12-20-16-10-6-5-9-15(16)18-19-20/h2-10,17H,1,11-12H2. The summed E-state index contributed by atoms with van der Waals surface area (Å²) in [4.78, 5) is 0. The molecule has 4 nitrogen and oxygen atoms in total. The van der Waals surface area contributed by atoms with E-state index >= 15 is 0 Å². The first kappa shape index (κ1) is 12.4. The Bertz CT molecular complexity index is 730. The van der Waals surface area contributed by atoms with Crippen LogP contribution >= 0.6 is 0 Å². The predicted octanol–water partition coefficient (Wildman–Crippen LogP) is 3.08. The smallest absolute Gasteiger partial charge is 0.113 e. The molecular weight excluding hydrogens is 248 g/mol. The van der Waals surface area contributed by atoms with E-state index < -0.39 is 0 Å². The van der Waals surface area contributed by atoms with Crippen molar-refractivity contribution in [2.24, 2.45) is 0 Å². The van der Waals surface area contributed by atoms with Gasteiger partial charge in [0.05, 0.1) is 12.1 Å². The van der Waals surface area contributed by atoms with Crippen molar-refractivity contribution in [2.75, 3.05) is 11.9 Å². The lowest BCUT2D eigenvalue weighted by atomic mass is 10.1. The van der Waals surface area contributed by atoms with Crippen molar-refractivity contribution in [3.63, 3.8) is 0 Å².